The van der Waals surface area contributed by atoms with Crippen molar-refractivity contribution in [1.82, 2.24) is 4.98 Å². The number of hydrogen-bond donors (Lipinski definition) is 1. The third kappa shape index (κ3) is 1.48. The number of aromatic amines is 1. The number of halogens is 4. The first-order chi connectivity index (χ1) is 7.52. The smallest absolute Gasteiger partial charge is 0.265 e. The Balaban J connectivity index is 2.70. The summed E-state index contributed by atoms with van der Waals surface area (Å²) in [5.41, 5.74) is -1.00. The Hall–Kier alpha value is -1.78. The number of benzene rings is 1. The standard InChI is InChI=1S/C11H7F4N/c1-5(11(14)15)10-9(13)8-6(12)3-2-4-7(8)16-10/h2-4,11,16H,1H2. The van der Waals surface area contributed by atoms with Crippen molar-refractivity contribution >= 4 is 16.5 Å². The Morgan fingerprint density at radius 2 is 1.94 bits per heavy atom. The van der Waals surface area contributed by atoms with Crippen LogP contribution in [0.2, 0.25) is 0 Å². The van der Waals surface area contributed by atoms with E-state index in [2.05, 4.69) is 11.6 Å². The van der Waals surface area contributed by atoms with Crippen LogP contribution in [0.15, 0.2) is 24.8 Å². The lowest BCUT2D eigenvalue weighted by Crippen LogP contribution is -1.96. The van der Waals surface area contributed by atoms with E-state index in [1.54, 1.807) is 0 Å². The molecule has 1 nitrogen and oxygen atoms in total. The van der Waals surface area contributed by atoms with Crippen LogP contribution in [-0.2, 0) is 0 Å². The Labute approximate surface area is 88.4 Å². The fourth-order valence-electron chi connectivity index (χ4n) is 1.50. The summed E-state index contributed by atoms with van der Waals surface area (Å²) in [6.45, 7) is 3.07. The van der Waals surface area contributed by atoms with Gasteiger partial charge in [-0.05, 0) is 12.1 Å². The van der Waals surface area contributed by atoms with Gasteiger partial charge in [-0.3, -0.25) is 0 Å². The number of hydrogen-bond acceptors (Lipinski definition) is 0. The fourth-order valence-corrected chi connectivity index (χ4v) is 1.50. The lowest BCUT2D eigenvalue weighted by Gasteiger charge is -2.00. The van der Waals surface area contributed by atoms with Gasteiger partial charge in [0.2, 0.25) is 0 Å². The lowest BCUT2D eigenvalue weighted by atomic mass is 10.2. The molecule has 84 valence electrons. The van der Waals surface area contributed by atoms with E-state index < -0.39 is 29.3 Å². The summed E-state index contributed by atoms with van der Waals surface area (Å²) in [6, 6.07) is 3.83. The quantitative estimate of drug-likeness (QED) is 0.755. The van der Waals surface area contributed by atoms with Crippen molar-refractivity contribution in [2.75, 3.05) is 0 Å². The van der Waals surface area contributed by atoms with E-state index in [1.807, 2.05) is 0 Å². The van der Waals surface area contributed by atoms with Crippen LogP contribution < -0.4 is 0 Å². The molecule has 1 N–H and O–H groups in total. The van der Waals surface area contributed by atoms with Crippen molar-refractivity contribution < 1.29 is 17.6 Å². The molecule has 16 heavy (non-hydrogen) atoms. The Kier molecular flexibility index (Phi) is 2.46. The van der Waals surface area contributed by atoms with E-state index in [1.165, 1.54) is 12.1 Å². The molecular weight excluding hydrogens is 222 g/mol. The van der Waals surface area contributed by atoms with Gasteiger partial charge in [0.15, 0.2) is 5.82 Å². The molecule has 0 amide bonds. The number of nitrogens with one attached hydrogen (secondary N) is 1. The van der Waals surface area contributed by atoms with E-state index in [0.29, 0.717) is 0 Å². The number of allylic oxidation sites excluding steroid dienone is 1. The van der Waals surface area contributed by atoms with Crippen LogP contribution in [0.4, 0.5) is 17.6 Å². The molecule has 1 aromatic heterocycles. The maximum Gasteiger partial charge on any atom is 0.265 e. The molecule has 0 aliphatic heterocycles. The molecule has 5 heteroatoms. The van der Waals surface area contributed by atoms with Crippen LogP contribution in [0, 0.1) is 11.6 Å². The first-order valence-electron chi connectivity index (χ1n) is 4.45. The number of rotatable bonds is 2. The summed E-state index contributed by atoms with van der Waals surface area (Å²) >= 11 is 0. The third-order valence-electron chi connectivity index (χ3n) is 2.30. The highest BCUT2D eigenvalue weighted by atomic mass is 19.3. The minimum absolute atomic E-state index is 0.134. The van der Waals surface area contributed by atoms with Gasteiger partial charge in [0.25, 0.3) is 6.43 Å². The molecule has 0 aliphatic rings. The van der Waals surface area contributed by atoms with Gasteiger partial charge in [-0.1, -0.05) is 12.6 Å². The third-order valence-corrected chi connectivity index (χ3v) is 2.30. The van der Waals surface area contributed by atoms with E-state index in [9.17, 15) is 17.6 Å². The van der Waals surface area contributed by atoms with Gasteiger partial charge in [-0.2, -0.15) is 0 Å². The molecule has 0 fully saturated rings. The fraction of sp³-hybridized carbons (Fsp3) is 0.0909. The second-order valence-electron chi connectivity index (χ2n) is 3.30. The average Bonchev–Trinajstić information content (AvgIpc) is 2.56. The molecule has 0 unspecified atom stereocenters. The summed E-state index contributed by atoms with van der Waals surface area (Å²) in [5, 5.41) is -0.320. The summed E-state index contributed by atoms with van der Waals surface area (Å²) in [5.74, 6) is -1.82. The highest BCUT2D eigenvalue weighted by Gasteiger charge is 2.21. The molecule has 1 heterocycles. The molecule has 0 atom stereocenters. The predicted molar refractivity (Wildman–Crippen MR) is 53.3 cm³/mol. The van der Waals surface area contributed by atoms with Crippen LogP contribution >= 0.6 is 0 Å². The van der Waals surface area contributed by atoms with Gasteiger partial charge in [0, 0.05) is 5.57 Å². The highest BCUT2D eigenvalue weighted by molar-refractivity contribution is 5.86. The molecule has 0 aliphatic carbocycles. The summed E-state index contributed by atoms with van der Waals surface area (Å²) in [7, 11) is 0. The van der Waals surface area contributed by atoms with E-state index in [-0.39, 0.29) is 10.9 Å². The van der Waals surface area contributed by atoms with Crippen LogP contribution in [0.1, 0.15) is 5.69 Å². The molecule has 0 saturated carbocycles. The van der Waals surface area contributed by atoms with Crippen molar-refractivity contribution in [3.63, 3.8) is 0 Å². The molecule has 0 radical (unpaired) electrons. The zero-order chi connectivity index (χ0) is 11.9. The molecule has 0 saturated heterocycles. The number of H-pyrrole nitrogens is 1. The van der Waals surface area contributed by atoms with Crippen molar-refractivity contribution in [3.05, 3.63) is 42.1 Å². The van der Waals surface area contributed by atoms with E-state index >= 15 is 0 Å². The first kappa shape index (κ1) is 10.7. The van der Waals surface area contributed by atoms with E-state index in [0.717, 1.165) is 6.07 Å². The van der Waals surface area contributed by atoms with Crippen molar-refractivity contribution in [2.45, 2.75) is 6.43 Å². The maximum atomic E-state index is 13.6. The topological polar surface area (TPSA) is 15.8 Å². The van der Waals surface area contributed by atoms with Gasteiger partial charge in [0.1, 0.15) is 5.82 Å². The molecular formula is C11H7F4N. The minimum atomic E-state index is -2.88. The number of alkyl halides is 2. The Morgan fingerprint density at radius 1 is 1.25 bits per heavy atom. The van der Waals surface area contributed by atoms with Gasteiger partial charge >= 0.3 is 0 Å². The first-order valence-corrected chi connectivity index (χ1v) is 4.45. The van der Waals surface area contributed by atoms with Gasteiger partial charge in [-0.25, -0.2) is 17.6 Å². The van der Waals surface area contributed by atoms with Crippen molar-refractivity contribution in [1.29, 1.82) is 0 Å². The van der Waals surface area contributed by atoms with Gasteiger partial charge in [0.05, 0.1) is 16.6 Å². The summed E-state index contributed by atoms with van der Waals surface area (Å²) < 4.78 is 51.6. The largest absolute Gasteiger partial charge is 0.352 e. The minimum Gasteiger partial charge on any atom is -0.352 e. The van der Waals surface area contributed by atoms with Gasteiger partial charge < -0.3 is 4.98 Å². The second-order valence-corrected chi connectivity index (χ2v) is 3.30. The maximum absolute atomic E-state index is 13.6. The van der Waals surface area contributed by atoms with Crippen LogP contribution in [0.5, 0.6) is 0 Å². The zero-order valence-electron chi connectivity index (χ0n) is 8.03. The predicted octanol–water partition coefficient (Wildman–Crippen LogP) is 3.72. The van der Waals surface area contributed by atoms with Crippen LogP contribution in [0.3, 0.4) is 0 Å². The highest BCUT2D eigenvalue weighted by Crippen LogP contribution is 2.29. The van der Waals surface area contributed by atoms with E-state index in [4.69, 9.17) is 0 Å². The Morgan fingerprint density at radius 3 is 2.50 bits per heavy atom. The van der Waals surface area contributed by atoms with Crippen molar-refractivity contribution in [3.8, 4) is 0 Å². The molecule has 2 aromatic rings. The summed E-state index contributed by atoms with van der Waals surface area (Å²) in [4.78, 5) is 2.39. The Bertz CT molecular complexity index is 556. The summed E-state index contributed by atoms with van der Waals surface area (Å²) in [6.07, 6.45) is -2.88. The van der Waals surface area contributed by atoms with Crippen LogP contribution in [0.25, 0.3) is 16.5 Å². The van der Waals surface area contributed by atoms with Crippen LogP contribution in [-0.4, -0.2) is 11.4 Å². The SMILES string of the molecule is C=C(c1[nH]c2cccc(F)c2c1F)C(F)F. The molecule has 0 bridgehead atoms. The average molecular weight is 229 g/mol. The number of aromatic nitrogens is 1. The number of fused-ring (bicyclic) bond motifs is 1. The molecule has 2 rings (SSSR count). The monoisotopic (exact) mass is 229 g/mol. The van der Waals surface area contributed by atoms with Gasteiger partial charge in [-0.15, -0.1) is 0 Å². The molecule has 1 aromatic carbocycles. The van der Waals surface area contributed by atoms with Crippen molar-refractivity contribution in [2.24, 2.45) is 0 Å². The zero-order valence-corrected chi connectivity index (χ0v) is 8.03. The lowest BCUT2D eigenvalue weighted by molar-refractivity contribution is 0.214. The molecule has 0 spiro atoms. The second kappa shape index (κ2) is 3.66. The normalized spacial score (nSPS) is 11.3.